The fourth-order valence-electron chi connectivity index (χ4n) is 6.92. The van der Waals surface area contributed by atoms with Crippen LogP contribution in [0, 0.1) is 5.82 Å². The molecule has 0 bridgehead atoms. The Labute approximate surface area is 282 Å². The molecule has 0 unspecified atom stereocenters. The van der Waals surface area contributed by atoms with E-state index in [1.165, 1.54) is 43.2 Å². The summed E-state index contributed by atoms with van der Waals surface area (Å²) >= 11 is 0. The molecule has 2 aliphatic heterocycles. The number of nitrogens with zero attached hydrogens (tertiary/aromatic N) is 3. The number of rotatable bonds is 11. The maximum Gasteiger partial charge on any atom is 0.339 e. The molecule has 256 valence electrons. The molecular formula is C38H46FN3O6. The zero-order valence-corrected chi connectivity index (χ0v) is 28.2. The summed E-state index contributed by atoms with van der Waals surface area (Å²) < 4.78 is 25.1. The fourth-order valence-corrected chi connectivity index (χ4v) is 6.92. The van der Waals surface area contributed by atoms with E-state index in [1.54, 1.807) is 6.07 Å². The number of methoxy groups -OCH3 is 1. The van der Waals surface area contributed by atoms with Gasteiger partial charge >= 0.3 is 5.97 Å². The number of hydrogen-bond acceptors (Lipinski definition) is 7. The molecule has 3 aliphatic rings. The Hall–Kier alpha value is -4.31. The monoisotopic (exact) mass is 659 g/mol. The van der Waals surface area contributed by atoms with Crippen molar-refractivity contribution in [2.24, 2.45) is 0 Å². The van der Waals surface area contributed by atoms with E-state index in [4.69, 9.17) is 24.4 Å². The van der Waals surface area contributed by atoms with Gasteiger partial charge in [0.25, 0.3) is 12.4 Å². The molecule has 2 fully saturated rings. The number of aryl methyl sites for hydroxylation is 1. The first-order chi connectivity index (χ1) is 23.3. The maximum atomic E-state index is 13.8. The lowest BCUT2D eigenvalue weighted by Gasteiger charge is -2.40. The molecule has 0 atom stereocenters. The minimum Gasteiger partial charge on any atom is -0.493 e. The van der Waals surface area contributed by atoms with Gasteiger partial charge < -0.3 is 19.5 Å². The number of carbonyl (C=O) groups excluding carboxylic acids is 2. The first-order valence-corrected chi connectivity index (χ1v) is 17.1. The first-order valence-electron chi connectivity index (χ1n) is 17.1. The number of pyridine rings is 1. The van der Waals surface area contributed by atoms with E-state index in [0.29, 0.717) is 43.0 Å². The molecule has 1 aliphatic carbocycles. The molecular weight excluding hydrogens is 613 g/mol. The van der Waals surface area contributed by atoms with Crippen molar-refractivity contribution < 1.29 is 33.4 Å². The number of esters is 1. The minimum absolute atomic E-state index is 0.0291. The number of hydrogen-bond donors (Lipinski definition) is 1. The van der Waals surface area contributed by atoms with Crippen molar-refractivity contribution in [2.75, 3.05) is 33.4 Å². The van der Waals surface area contributed by atoms with Gasteiger partial charge in [0.1, 0.15) is 11.6 Å². The number of halogens is 1. The highest BCUT2D eigenvalue weighted by Gasteiger charge is 2.35. The lowest BCUT2D eigenvalue weighted by Crippen LogP contribution is -2.50. The summed E-state index contributed by atoms with van der Waals surface area (Å²) in [7, 11) is 1.37. The van der Waals surface area contributed by atoms with E-state index in [0.717, 1.165) is 73.6 Å². The molecule has 1 saturated carbocycles. The number of amides is 1. The van der Waals surface area contributed by atoms with Gasteiger partial charge in [-0.15, -0.1) is 0 Å². The Balaban J connectivity index is 0.00000145. The average Bonchev–Trinajstić information content (AvgIpc) is 3.94. The Morgan fingerprint density at radius 3 is 2.38 bits per heavy atom. The molecule has 0 spiro atoms. The highest BCUT2D eigenvalue weighted by Crippen LogP contribution is 2.48. The molecule has 1 amide bonds. The SMILES string of the molecule is CCCOc1cc(CN2CCC(N3CCc4nc(CCC)c(C(=O)OC)cc4C3=O)CC2)cc(C2CC2)c1-c1ccc(F)cc1.O=CO. The summed E-state index contributed by atoms with van der Waals surface area (Å²) in [6, 6.07) is 13.2. The van der Waals surface area contributed by atoms with E-state index >= 15 is 0 Å². The highest BCUT2D eigenvalue weighted by atomic mass is 19.1. The van der Waals surface area contributed by atoms with Gasteiger partial charge in [-0.25, -0.2) is 9.18 Å². The molecule has 3 aromatic rings. The summed E-state index contributed by atoms with van der Waals surface area (Å²) in [6.45, 7) is 7.81. The molecule has 0 radical (unpaired) electrons. The smallest absolute Gasteiger partial charge is 0.339 e. The molecule has 1 aromatic heterocycles. The lowest BCUT2D eigenvalue weighted by atomic mass is 9.92. The topological polar surface area (TPSA) is 109 Å². The summed E-state index contributed by atoms with van der Waals surface area (Å²) in [6.07, 6.45) is 7.28. The second-order valence-corrected chi connectivity index (χ2v) is 12.8. The van der Waals surface area contributed by atoms with Crippen molar-refractivity contribution >= 4 is 18.3 Å². The number of carbonyl (C=O) groups is 3. The molecule has 10 heteroatoms. The van der Waals surface area contributed by atoms with Gasteiger partial charge in [0, 0.05) is 44.2 Å². The van der Waals surface area contributed by atoms with E-state index in [2.05, 4.69) is 30.9 Å². The summed E-state index contributed by atoms with van der Waals surface area (Å²) in [5, 5.41) is 6.89. The number of piperidine rings is 1. The van der Waals surface area contributed by atoms with Gasteiger partial charge in [0.05, 0.1) is 36.2 Å². The summed E-state index contributed by atoms with van der Waals surface area (Å²) in [5.41, 5.74) is 7.10. The Bertz CT molecular complexity index is 1600. The molecule has 6 rings (SSSR count). The highest BCUT2D eigenvalue weighted by molar-refractivity contribution is 6.00. The van der Waals surface area contributed by atoms with Crippen LogP contribution in [-0.2, 0) is 28.9 Å². The van der Waals surface area contributed by atoms with Crippen LogP contribution in [0.2, 0.25) is 0 Å². The fraction of sp³-hybridized carbons (Fsp3) is 0.474. The predicted molar refractivity (Wildman–Crippen MR) is 181 cm³/mol. The molecule has 2 aromatic carbocycles. The first kappa shape index (κ1) is 35.0. The van der Waals surface area contributed by atoms with Gasteiger partial charge in [-0.05, 0) is 85.4 Å². The van der Waals surface area contributed by atoms with E-state index in [9.17, 15) is 14.0 Å². The second kappa shape index (κ2) is 16.2. The van der Waals surface area contributed by atoms with E-state index < -0.39 is 5.97 Å². The molecule has 9 nitrogen and oxygen atoms in total. The Morgan fingerprint density at radius 2 is 1.75 bits per heavy atom. The zero-order valence-electron chi connectivity index (χ0n) is 28.2. The number of aromatic nitrogens is 1. The number of ether oxygens (including phenoxy) is 2. The van der Waals surface area contributed by atoms with Gasteiger partial charge in [-0.2, -0.15) is 0 Å². The van der Waals surface area contributed by atoms with Crippen molar-refractivity contribution in [3.05, 3.63) is 81.9 Å². The second-order valence-electron chi connectivity index (χ2n) is 12.8. The molecule has 1 saturated heterocycles. The molecule has 1 N–H and O–H groups in total. The van der Waals surface area contributed by atoms with E-state index in [1.807, 2.05) is 17.0 Å². The summed E-state index contributed by atoms with van der Waals surface area (Å²) in [5.74, 6) is 0.698. The predicted octanol–water partition coefficient (Wildman–Crippen LogP) is 6.66. The maximum absolute atomic E-state index is 13.8. The van der Waals surface area contributed by atoms with Crippen LogP contribution in [0.4, 0.5) is 4.39 Å². The van der Waals surface area contributed by atoms with Gasteiger partial charge in [-0.3, -0.25) is 19.5 Å². The number of carboxylic acid groups (broad SMARTS) is 1. The third kappa shape index (κ3) is 8.03. The van der Waals surface area contributed by atoms with Crippen LogP contribution in [-0.4, -0.2) is 77.6 Å². The quantitative estimate of drug-likeness (QED) is 0.180. The largest absolute Gasteiger partial charge is 0.493 e. The van der Waals surface area contributed by atoms with Gasteiger partial charge in [-0.1, -0.05) is 38.5 Å². The lowest BCUT2D eigenvalue weighted by molar-refractivity contribution is -0.122. The zero-order chi connectivity index (χ0) is 34.2. The van der Waals surface area contributed by atoms with Gasteiger partial charge in [0.2, 0.25) is 0 Å². The van der Waals surface area contributed by atoms with Crippen LogP contribution in [0.5, 0.6) is 5.75 Å². The van der Waals surface area contributed by atoms with Crippen molar-refractivity contribution in [2.45, 2.75) is 83.7 Å². The Morgan fingerprint density at radius 1 is 1.04 bits per heavy atom. The number of likely N-dealkylation sites (tertiary alicyclic amines) is 1. The minimum atomic E-state index is -0.439. The van der Waals surface area contributed by atoms with Crippen LogP contribution in [0.15, 0.2) is 42.5 Å². The third-order valence-electron chi connectivity index (χ3n) is 9.36. The van der Waals surface area contributed by atoms with Crippen LogP contribution in [0.25, 0.3) is 11.1 Å². The van der Waals surface area contributed by atoms with Crippen molar-refractivity contribution in [3.63, 3.8) is 0 Å². The number of benzene rings is 2. The van der Waals surface area contributed by atoms with Gasteiger partial charge in [0.15, 0.2) is 0 Å². The Kier molecular flexibility index (Phi) is 11.8. The van der Waals surface area contributed by atoms with Crippen LogP contribution in [0.1, 0.15) is 102 Å². The molecule has 3 heterocycles. The van der Waals surface area contributed by atoms with E-state index in [-0.39, 0.29) is 24.2 Å². The standard InChI is InChI=1S/C37H44FN3O4.CH2O2/c1-4-6-32-31(37(43)44-3)22-30-33(39-32)15-18-41(36(30)42)28-13-16-40(17-14-28)23-24-20-29(25-7-8-25)35(34(21-24)45-19-5-2)26-9-11-27(38)12-10-26;2-1-3/h9-12,20-22,25,28H,4-8,13-19,23H2,1-3H3;1H,(H,2,3). The van der Waals surface area contributed by atoms with Crippen LogP contribution < -0.4 is 4.74 Å². The average molecular weight is 660 g/mol. The van der Waals surface area contributed by atoms with Crippen molar-refractivity contribution in [1.82, 2.24) is 14.8 Å². The van der Waals surface area contributed by atoms with Crippen LogP contribution >= 0.6 is 0 Å². The molecule has 48 heavy (non-hydrogen) atoms. The van der Waals surface area contributed by atoms with Crippen molar-refractivity contribution in [3.8, 4) is 16.9 Å². The van der Waals surface area contributed by atoms with Crippen LogP contribution in [0.3, 0.4) is 0 Å². The summed E-state index contributed by atoms with van der Waals surface area (Å²) in [4.78, 5) is 43.8. The third-order valence-corrected chi connectivity index (χ3v) is 9.36. The van der Waals surface area contributed by atoms with Crippen molar-refractivity contribution in [1.29, 1.82) is 0 Å². The normalized spacial score (nSPS) is 16.5. The number of fused-ring (bicyclic) bond motifs is 1.